The zero-order valence-corrected chi connectivity index (χ0v) is 22.2. The third kappa shape index (κ3) is 5.64. The summed E-state index contributed by atoms with van der Waals surface area (Å²) in [4.78, 5) is 29.0. The van der Waals surface area contributed by atoms with Gasteiger partial charge in [-0.2, -0.15) is 0 Å². The van der Waals surface area contributed by atoms with E-state index in [1.165, 1.54) is 7.11 Å². The topological polar surface area (TPSA) is 106 Å². The molecule has 2 aliphatic heterocycles. The van der Waals surface area contributed by atoms with Gasteiger partial charge >= 0.3 is 11.9 Å². The molecule has 1 fully saturated rings. The van der Waals surface area contributed by atoms with Crippen LogP contribution in [-0.2, 0) is 25.6 Å². The lowest BCUT2D eigenvalue weighted by atomic mass is 9.80. The van der Waals surface area contributed by atoms with Crippen LogP contribution in [0.25, 0.3) is 0 Å². The fourth-order valence-electron chi connectivity index (χ4n) is 5.26. The highest BCUT2D eigenvalue weighted by atomic mass is 16.6. The van der Waals surface area contributed by atoms with Gasteiger partial charge in [0.2, 0.25) is 0 Å². The first kappa shape index (κ1) is 26.3. The second-order valence-electron chi connectivity index (χ2n) is 10.0. The van der Waals surface area contributed by atoms with Gasteiger partial charge in [0.15, 0.2) is 0 Å². The van der Waals surface area contributed by atoms with Crippen molar-refractivity contribution >= 4 is 23.3 Å². The van der Waals surface area contributed by atoms with E-state index < -0.39 is 23.5 Å². The van der Waals surface area contributed by atoms with E-state index in [1.807, 2.05) is 76.3 Å². The predicted octanol–water partition coefficient (Wildman–Crippen LogP) is 3.93. The van der Waals surface area contributed by atoms with Gasteiger partial charge in [-0.3, -0.25) is 4.90 Å². The van der Waals surface area contributed by atoms with Gasteiger partial charge in [0.1, 0.15) is 5.60 Å². The molecule has 37 heavy (non-hydrogen) atoms. The monoisotopic (exact) mass is 504 g/mol. The number of nitrogen functional groups attached to an aromatic ring is 1. The number of carbonyl (C=O) groups excluding carboxylic acids is 2. The SMILES string of the molecule is CNc1cccc(C2C(C(=O)OC)=C(C)NC(C)=C2C(=O)OC2(C)CCN(Cc3ccc(N)cc3)C2)c1. The fraction of sp³-hybridized carbons (Fsp3) is 0.379. The summed E-state index contributed by atoms with van der Waals surface area (Å²) in [5.74, 6) is -1.54. The standard InChI is InChI=1S/C29H36N4O4/c1-18-24(27(34)36-5)26(21-7-6-8-23(15-21)31-4)25(19(2)32-18)28(35)37-29(3)13-14-33(17-29)16-20-9-11-22(30)12-10-20/h6-12,15,26,31-32H,13-14,16-17,30H2,1-5H3. The second-order valence-corrected chi connectivity index (χ2v) is 10.0. The van der Waals surface area contributed by atoms with Crippen LogP contribution in [0.5, 0.6) is 0 Å². The lowest BCUT2D eigenvalue weighted by Crippen LogP contribution is -2.38. The van der Waals surface area contributed by atoms with Crippen molar-refractivity contribution in [1.29, 1.82) is 0 Å². The number of nitrogens with one attached hydrogen (secondary N) is 2. The van der Waals surface area contributed by atoms with Gasteiger partial charge in [-0.1, -0.05) is 24.3 Å². The number of likely N-dealkylation sites (tertiary alicyclic amines) is 1. The van der Waals surface area contributed by atoms with Crippen LogP contribution in [0.1, 0.15) is 44.2 Å². The zero-order valence-electron chi connectivity index (χ0n) is 22.2. The Morgan fingerprint density at radius 1 is 1.11 bits per heavy atom. The smallest absolute Gasteiger partial charge is 0.337 e. The van der Waals surface area contributed by atoms with Gasteiger partial charge in [0.05, 0.1) is 24.2 Å². The maximum atomic E-state index is 13.8. The number of anilines is 2. The van der Waals surface area contributed by atoms with E-state index in [-0.39, 0.29) is 0 Å². The van der Waals surface area contributed by atoms with E-state index in [4.69, 9.17) is 15.2 Å². The van der Waals surface area contributed by atoms with Gasteiger partial charge in [0.25, 0.3) is 0 Å². The Morgan fingerprint density at radius 3 is 2.43 bits per heavy atom. The normalized spacial score (nSPS) is 22.0. The van der Waals surface area contributed by atoms with E-state index in [9.17, 15) is 9.59 Å². The number of dihydropyridines is 1. The molecular formula is C29H36N4O4. The third-order valence-electron chi connectivity index (χ3n) is 7.13. The molecule has 0 aromatic heterocycles. The molecule has 2 atom stereocenters. The van der Waals surface area contributed by atoms with Crippen LogP contribution >= 0.6 is 0 Å². The molecule has 4 rings (SSSR count). The molecule has 2 unspecified atom stereocenters. The van der Waals surface area contributed by atoms with Crippen LogP contribution in [0.15, 0.2) is 71.1 Å². The van der Waals surface area contributed by atoms with E-state index in [1.54, 1.807) is 0 Å². The third-order valence-corrected chi connectivity index (χ3v) is 7.13. The number of nitrogens with zero attached hydrogens (tertiary/aromatic N) is 1. The summed E-state index contributed by atoms with van der Waals surface area (Å²) in [7, 11) is 3.18. The first-order valence-corrected chi connectivity index (χ1v) is 12.5. The first-order valence-electron chi connectivity index (χ1n) is 12.5. The molecule has 0 saturated carbocycles. The highest BCUT2D eigenvalue weighted by Gasteiger charge is 2.42. The zero-order chi connectivity index (χ0) is 26.7. The minimum absolute atomic E-state index is 0.398. The van der Waals surface area contributed by atoms with Crippen LogP contribution in [-0.4, -0.2) is 49.7 Å². The maximum Gasteiger partial charge on any atom is 0.337 e. The van der Waals surface area contributed by atoms with Crippen LogP contribution < -0.4 is 16.4 Å². The molecule has 8 nitrogen and oxygen atoms in total. The molecule has 0 radical (unpaired) electrons. The molecule has 1 saturated heterocycles. The number of hydrogen-bond acceptors (Lipinski definition) is 8. The second kappa shape index (κ2) is 10.7. The molecule has 4 N–H and O–H groups in total. The highest BCUT2D eigenvalue weighted by molar-refractivity contribution is 6.00. The number of methoxy groups -OCH3 is 1. The van der Waals surface area contributed by atoms with Gasteiger partial charge in [-0.25, -0.2) is 9.59 Å². The lowest BCUT2D eigenvalue weighted by molar-refractivity contribution is -0.152. The highest BCUT2D eigenvalue weighted by Crippen LogP contribution is 2.41. The van der Waals surface area contributed by atoms with Crippen molar-refractivity contribution in [2.24, 2.45) is 0 Å². The van der Waals surface area contributed by atoms with Crippen molar-refractivity contribution in [2.75, 3.05) is 38.3 Å². The Kier molecular flexibility index (Phi) is 7.59. The Labute approximate surface area is 218 Å². The minimum Gasteiger partial charge on any atom is -0.466 e. The summed E-state index contributed by atoms with van der Waals surface area (Å²) < 4.78 is 11.3. The Balaban J connectivity index is 1.60. The molecule has 2 aliphatic rings. The van der Waals surface area contributed by atoms with Crippen molar-refractivity contribution < 1.29 is 19.1 Å². The van der Waals surface area contributed by atoms with E-state index in [2.05, 4.69) is 15.5 Å². The Hall–Kier alpha value is -3.78. The van der Waals surface area contributed by atoms with Gasteiger partial charge in [-0.05, 0) is 56.2 Å². The predicted molar refractivity (Wildman–Crippen MR) is 145 cm³/mol. The molecule has 0 amide bonds. The van der Waals surface area contributed by atoms with Gasteiger partial charge in [0, 0.05) is 55.9 Å². The first-order chi connectivity index (χ1) is 17.6. The van der Waals surface area contributed by atoms with Gasteiger partial charge in [-0.15, -0.1) is 0 Å². The molecule has 196 valence electrons. The van der Waals surface area contributed by atoms with Crippen molar-refractivity contribution in [3.05, 3.63) is 82.2 Å². The van der Waals surface area contributed by atoms with Gasteiger partial charge < -0.3 is 25.8 Å². The number of esters is 2. The molecule has 2 heterocycles. The largest absolute Gasteiger partial charge is 0.466 e. The molecule has 0 aliphatic carbocycles. The molecule has 2 aromatic carbocycles. The number of carbonyl (C=O) groups is 2. The average molecular weight is 505 g/mol. The summed E-state index contributed by atoms with van der Waals surface area (Å²) in [5, 5.41) is 6.34. The number of hydrogen-bond donors (Lipinski definition) is 3. The van der Waals surface area contributed by atoms with E-state index in [0.717, 1.165) is 35.6 Å². The molecule has 0 bridgehead atoms. The van der Waals surface area contributed by atoms with Crippen LogP contribution in [0.2, 0.25) is 0 Å². The number of benzene rings is 2. The minimum atomic E-state index is -0.656. The molecule has 0 spiro atoms. The number of ether oxygens (including phenoxy) is 2. The fourth-order valence-corrected chi connectivity index (χ4v) is 5.26. The van der Waals surface area contributed by atoms with Crippen LogP contribution in [0.4, 0.5) is 11.4 Å². The lowest BCUT2D eigenvalue weighted by Gasteiger charge is -2.33. The van der Waals surface area contributed by atoms with E-state index >= 15 is 0 Å². The van der Waals surface area contributed by atoms with Crippen LogP contribution in [0, 0.1) is 0 Å². The number of nitrogens with two attached hydrogens (primary N) is 1. The molecule has 2 aromatic rings. The summed E-state index contributed by atoms with van der Waals surface area (Å²) in [6, 6.07) is 15.5. The molecule has 8 heteroatoms. The van der Waals surface area contributed by atoms with E-state index in [0.29, 0.717) is 35.5 Å². The van der Waals surface area contributed by atoms with Crippen molar-refractivity contribution in [1.82, 2.24) is 10.2 Å². The number of allylic oxidation sites excluding steroid dienone is 2. The molecular weight excluding hydrogens is 468 g/mol. The maximum absolute atomic E-state index is 13.8. The summed E-state index contributed by atoms with van der Waals surface area (Å²) in [6.07, 6.45) is 0.714. The Bertz CT molecular complexity index is 1250. The number of rotatable bonds is 7. The summed E-state index contributed by atoms with van der Waals surface area (Å²) >= 11 is 0. The van der Waals surface area contributed by atoms with Crippen molar-refractivity contribution in [3.63, 3.8) is 0 Å². The Morgan fingerprint density at radius 2 is 1.78 bits per heavy atom. The van der Waals surface area contributed by atoms with Crippen molar-refractivity contribution in [3.8, 4) is 0 Å². The summed E-state index contributed by atoms with van der Waals surface area (Å²) in [6.45, 7) is 7.81. The van der Waals surface area contributed by atoms with Crippen LogP contribution in [0.3, 0.4) is 0 Å². The average Bonchev–Trinajstić information content (AvgIpc) is 3.24. The summed E-state index contributed by atoms with van der Waals surface area (Å²) in [5.41, 5.74) is 10.9. The van der Waals surface area contributed by atoms with Crippen molar-refractivity contribution in [2.45, 2.75) is 45.3 Å². The quantitative estimate of drug-likeness (QED) is 0.385.